The fraction of sp³-hybridized carbons (Fsp3) is 0.429. The highest BCUT2D eigenvalue weighted by Gasteiger charge is 2.31. The van der Waals surface area contributed by atoms with Gasteiger partial charge >= 0.3 is 0 Å². The molecule has 0 nitrogen and oxygen atoms in total. The maximum absolute atomic E-state index is 3.80. The summed E-state index contributed by atoms with van der Waals surface area (Å²) >= 11 is 0. The van der Waals surface area contributed by atoms with Crippen LogP contribution < -0.4 is 0 Å². The van der Waals surface area contributed by atoms with E-state index in [1.165, 1.54) is 24.8 Å². The van der Waals surface area contributed by atoms with Crippen molar-refractivity contribution in [2.24, 2.45) is 5.92 Å². The summed E-state index contributed by atoms with van der Waals surface area (Å²) in [6.07, 6.45) is 7.27. The van der Waals surface area contributed by atoms with Crippen molar-refractivity contribution in [2.45, 2.75) is 31.6 Å². The summed E-state index contributed by atoms with van der Waals surface area (Å²) in [5.74, 6) is 1.71. The van der Waals surface area contributed by atoms with Gasteiger partial charge in [0, 0.05) is 0 Å². The minimum Gasteiger partial charge on any atom is -0.103 e. The number of hydrogen-bond acceptors (Lipinski definition) is 0. The quantitative estimate of drug-likeness (QED) is 0.609. The summed E-state index contributed by atoms with van der Waals surface area (Å²) in [4.78, 5) is 0. The zero-order chi connectivity index (χ0) is 9.80. The average molecular weight is 185 g/mol. The Labute approximate surface area is 86.7 Å². The molecule has 1 fully saturated rings. The van der Waals surface area contributed by atoms with Gasteiger partial charge in [-0.1, -0.05) is 30.3 Å². The van der Waals surface area contributed by atoms with Gasteiger partial charge in [-0.3, -0.25) is 0 Å². The van der Waals surface area contributed by atoms with Crippen molar-refractivity contribution in [3.63, 3.8) is 0 Å². The normalized spacial score (nSPS) is 17.7. The van der Waals surface area contributed by atoms with Crippen LogP contribution in [0.15, 0.2) is 36.9 Å². The van der Waals surface area contributed by atoms with Crippen LogP contribution in [0.1, 0.15) is 37.2 Å². The van der Waals surface area contributed by atoms with Crippen molar-refractivity contribution in [3.05, 3.63) is 48.6 Å². The Bertz CT molecular complexity index is 282. The first kappa shape index (κ1) is 9.51. The molecule has 0 heterocycles. The molecule has 1 aromatic rings. The van der Waals surface area contributed by atoms with Gasteiger partial charge in [0.2, 0.25) is 0 Å². The molecule has 0 N–H and O–H groups in total. The molecule has 73 valence electrons. The second-order valence-corrected chi connectivity index (χ2v) is 4.14. The zero-order valence-electron chi connectivity index (χ0n) is 8.58. The molecule has 0 aliphatic heterocycles. The molecule has 14 heavy (non-hydrogen) atoms. The molecular weight excluding hydrogens is 168 g/mol. The number of hydrogen-bond donors (Lipinski definition) is 0. The van der Waals surface area contributed by atoms with Crippen molar-refractivity contribution in [3.8, 4) is 0 Å². The Morgan fingerprint density at radius 3 is 2.71 bits per heavy atom. The van der Waals surface area contributed by atoms with Crippen molar-refractivity contribution in [2.75, 3.05) is 0 Å². The molecule has 0 spiro atoms. The Morgan fingerprint density at radius 2 is 2.14 bits per heavy atom. The first-order valence-corrected chi connectivity index (χ1v) is 5.48. The summed E-state index contributed by atoms with van der Waals surface area (Å²) in [5.41, 5.74) is 1.49. The molecule has 1 aromatic carbocycles. The lowest BCUT2D eigenvalue weighted by atomic mass is 9.90. The Hall–Kier alpha value is -1.04. The molecule has 2 rings (SSSR count). The third-order valence-electron chi connectivity index (χ3n) is 3.05. The topological polar surface area (TPSA) is 0 Å². The molecule has 0 amide bonds. The molecule has 1 unspecified atom stereocenters. The van der Waals surface area contributed by atoms with Gasteiger partial charge in [0.1, 0.15) is 0 Å². The van der Waals surface area contributed by atoms with E-state index in [0.29, 0.717) is 0 Å². The maximum Gasteiger partial charge on any atom is -0.0131 e. The third-order valence-corrected chi connectivity index (χ3v) is 3.05. The molecule has 0 saturated heterocycles. The molecule has 0 bridgehead atoms. The van der Waals surface area contributed by atoms with E-state index < -0.39 is 0 Å². The van der Waals surface area contributed by atoms with E-state index >= 15 is 0 Å². The largest absolute Gasteiger partial charge is 0.103 e. The van der Waals surface area contributed by atoms with Crippen LogP contribution in [0.2, 0.25) is 0 Å². The molecule has 0 heteroatoms. The summed E-state index contributed by atoms with van der Waals surface area (Å²) in [6, 6.07) is 11.6. The van der Waals surface area contributed by atoms with Crippen molar-refractivity contribution in [1.82, 2.24) is 0 Å². The maximum atomic E-state index is 3.80. The smallest absolute Gasteiger partial charge is 0.0131 e. The van der Waals surface area contributed by atoms with Gasteiger partial charge in [0.25, 0.3) is 0 Å². The molecule has 1 saturated carbocycles. The summed E-state index contributed by atoms with van der Waals surface area (Å²) in [7, 11) is 0. The van der Waals surface area contributed by atoms with Crippen LogP contribution in [0.3, 0.4) is 0 Å². The predicted octanol–water partition coefficient (Wildman–Crippen LogP) is 3.95. The monoisotopic (exact) mass is 185 g/mol. The second-order valence-electron chi connectivity index (χ2n) is 4.14. The van der Waals surface area contributed by atoms with E-state index in [1.807, 2.05) is 18.2 Å². The minimum atomic E-state index is 0.766. The first-order valence-electron chi connectivity index (χ1n) is 5.48. The fourth-order valence-corrected chi connectivity index (χ4v) is 2.12. The van der Waals surface area contributed by atoms with Gasteiger partial charge in [-0.05, 0) is 49.1 Å². The lowest BCUT2D eigenvalue weighted by molar-refractivity contribution is 0.564. The Morgan fingerprint density at radius 1 is 1.43 bits per heavy atom. The van der Waals surface area contributed by atoms with E-state index in [2.05, 4.69) is 24.8 Å². The molecule has 1 radical (unpaired) electrons. The van der Waals surface area contributed by atoms with Gasteiger partial charge in [0.15, 0.2) is 0 Å². The number of rotatable bonds is 5. The lowest BCUT2D eigenvalue weighted by Crippen LogP contribution is -2.00. The van der Waals surface area contributed by atoms with Gasteiger partial charge < -0.3 is 0 Å². The molecular formula is C14H17. The lowest BCUT2D eigenvalue weighted by Gasteiger charge is -2.15. The molecule has 1 atom stereocenters. The third kappa shape index (κ3) is 2.25. The number of allylic oxidation sites excluding steroid dienone is 1. The van der Waals surface area contributed by atoms with Crippen LogP contribution in [0.4, 0.5) is 0 Å². The fourth-order valence-electron chi connectivity index (χ4n) is 2.12. The van der Waals surface area contributed by atoms with Crippen molar-refractivity contribution >= 4 is 0 Å². The average Bonchev–Trinajstić information content (AvgIpc) is 3.04. The summed E-state index contributed by atoms with van der Waals surface area (Å²) in [6.45, 7) is 3.80. The van der Waals surface area contributed by atoms with Crippen LogP contribution in [-0.2, 0) is 0 Å². The molecule has 1 aliphatic rings. The van der Waals surface area contributed by atoms with Crippen molar-refractivity contribution < 1.29 is 0 Å². The summed E-state index contributed by atoms with van der Waals surface area (Å²) < 4.78 is 0. The minimum absolute atomic E-state index is 0.766. The van der Waals surface area contributed by atoms with Gasteiger partial charge in [-0.15, -0.1) is 6.58 Å². The van der Waals surface area contributed by atoms with E-state index in [1.54, 1.807) is 0 Å². The van der Waals surface area contributed by atoms with Gasteiger partial charge in [0.05, 0.1) is 0 Å². The second kappa shape index (κ2) is 4.45. The van der Waals surface area contributed by atoms with E-state index in [4.69, 9.17) is 0 Å². The van der Waals surface area contributed by atoms with Gasteiger partial charge in [-0.2, -0.15) is 0 Å². The highest BCUT2D eigenvalue weighted by atomic mass is 14.4. The highest BCUT2D eigenvalue weighted by molar-refractivity contribution is 5.21. The van der Waals surface area contributed by atoms with Crippen molar-refractivity contribution in [1.29, 1.82) is 0 Å². The predicted molar refractivity (Wildman–Crippen MR) is 60.2 cm³/mol. The first-order chi connectivity index (χ1) is 6.92. The van der Waals surface area contributed by atoms with Crippen LogP contribution in [-0.4, -0.2) is 0 Å². The van der Waals surface area contributed by atoms with Crippen LogP contribution >= 0.6 is 0 Å². The van der Waals surface area contributed by atoms with E-state index in [9.17, 15) is 0 Å². The van der Waals surface area contributed by atoms with Crippen LogP contribution in [0.25, 0.3) is 0 Å². The zero-order valence-corrected chi connectivity index (χ0v) is 8.58. The Kier molecular flexibility index (Phi) is 3.03. The van der Waals surface area contributed by atoms with E-state index in [-0.39, 0.29) is 0 Å². The van der Waals surface area contributed by atoms with E-state index in [0.717, 1.165) is 18.3 Å². The molecule has 1 aliphatic carbocycles. The number of benzene rings is 1. The summed E-state index contributed by atoms with van der Waals surface area (Å²) in [5, 5.41) is 0. The Balaban J connectivity index is 2.06. The van der Waals surface area contributed by atoms with Gasteiger partial charge in [-0.25, -0.2) is 0 Å². The van der Waals surface area contributed by atoms with Crippen LogP contribution in [0.5, 0.6) is 0 Å². The standard InChI is InChI=1S/C14H17/c1-2-3-9-14(13-10-11-13)12-7-5-4-6-8-12/h2,5-8,13-14H,1,3,9-11H2. The molecule has 0 aromatic heterocycles. The highest BCUT2D eigenvalue weighted by Crippen LogP contribution is 2.44. The SMILES string of the molecule is C=CCCC(c1cc[c]cc1)C1CC1. The van der Waals surface area contributed by atoms with Crippen LogP contribution in [0, 0.1) is 12.0 Å².